The molecular weight excluding hydrogens is 286 g/mol. The summed E-state index contributed by atoms with van der Waals surface area (Å²) in [5.41, 5.74) is 2.36. The second-order valence-corrected chi connectivity index (χ2v) is 6.46. The zero-order chi connectivity index (χ0) is 13.8. The van der Waals surface area contributed by atoms with Crippen LogP contribution in [-0.2, 0) is 13.1 Å². The molecule has 0 aromatic carbocycles. The predicted molar refractivity (Wildman–Crippen MR) is 84.8 cm³/mol. The maximum atomic E-state index is 4.71. The van der Waals surface area contributed by atoms with E-state index >= 15 is 0 Å². The van der Waals surface area contributed by atoms with Crippen LogP contribution in [0.1, 0.15) is 11.3 Å². The van der Waals surface area contributed by atoms with Gasteiger partial charge in [-0.1, -0.05) is 12.1 Å². The third-order valence-corrected chi connectivity index (χ3v) is 4.82. The van der Waals surface area contributed by atoms with E-state index in [1.807, 2.05) is 12.3 Å². The first-order chi connectivity index (χ1) is 9.81. The van der Waals surface area contributed by atoms with E-state index in [0.717, 1.165) is 23.8 Å². The molecule has 0 unspecified atom stereocenters. The van der Waals surface area contributed by atoms with Crippen LogP contribution in [0.3, 0.4) is 0 Å². The number of pyridine rings is 1. The number of thiophene rings is 1. The van der Waals surface area contributed by atoms with Gasteiger partial charge >= 0.3 is 0 Å². The zero-order valence-corrected chi connectivity index (χ0v) is 12.8. The van der Waals surface area contributed by atoms with E-state index in [1.54, 1.807) is 28.9 Å². The Morgan fingerprint density at radius 1 is 1.15 bits per heavy atom. The Balaban J connectivity index is 1.63. The van der Waals surface area contributed by atoms with E-state index in [-0.39, 0.29) is 0 Å². The first kappa shape index (κ1) is 13.4. The van der Waals surface area contributed by atoms with Crippen molar-refractivity contribution in [3.8, 4) is 9.88 Å². The van der Waals surface area contributed by atoms with Gasteiger partial charge in [-0.15, -0.1) is 22.7 Å². The molecule has 0 radical (unpaired) electrons. The molecule has 0 atom stereocenters. The SMILES string of the molecule is CN(Cc1cccnc1)Cc1csc(-c2cccs2)n1. The van der Waals surface area contributed by atoms with Crippen molar-refractivity contribution in [2.75, 3.05) is 7.05 Å². The highest BCUT2D eigenvalue weighted by molar-refractivity contribution is 7.20. The molecule has 20 heavy (non-hydrogen) atoms. The molecule has 0 bridgehead atoms. The molecule has 3 rings (SSSR count). The molecule has 3 aromatic rings. The Morgan fingerprint density at radius 2 is 2.10 bits per heavy atom. The van der Waals surface area contributed by atoms with Crippen molar-refractivity contribution >= 4 is 22.7 Å². The summed E-state index contributed by atoms with van der Waals surface area (Å²) in [6, 6.07) is 8.25. The Kier molecular flexibility index (Phi) is 4.20. The van der Waals surface area contributed by atoms with Gasteiger partial charge in [0.1, 0.15) is 5.01 Å². The fourth-order valence-corrected chi connectivity index (χ4v) is 3.65. The lowest BCUT2D eigenvalue weighted by Gasteiger charge is -2.14. The van der Waals surface area contributed by atoms with Crippen molar-refractivity contribution in [1.29, 1.82) is 0 Å². The van der Waals surface area contributed by atoms with Gasteiger partial charge in [0.2, 0.25) is 0 Å². The van der Waals surface area contributed by atoms with Gasteiger partial charge in [0.15, 0.2) is 0 Å². The quantitative estimate of drug-likeness (QED) is 0.715. The van der Waals surface area contributed by atoms with E-state index in [2.05, 4.69) is 45.9 Å². The minimum atomic E-state index is 0.858. The fourth-order valence-electron chi connectivity index (χ4n) is 2.03. The molecule has 0 aliphatic rings. The lowest BCUT2D eigenvalue weighted by atomic mass is 10.2. The standard InChI is InChI=1S/C15H15N3S2/c1-18(9-12-4-2-6-16-8-12)10-13-11-20-15(17-13)14-5-3-7-19-14/h2-8,11H,9-10H2,1H3. The molecule has 0 aliphatic heterocycles. The maximum absolute atomic E-state index is 4.71. The van der Waals surface area contributed by atoms with Crippen LogP contribution in [0, 0.1) is 0 Å². The van der Waals surface area contributed by atoms with Crippen LogP contribution in [0.4, 0.5) is 0 Å². The monoisotopic (exact) mass is 301 g/mol. The Bertz CT molecular complexity index is 647. The topological polar surface area (TPSA) is 29.0 Å². The molecule has 0 saturated heterocycles. The first-order valence-corrected chi connectivity index (χ1v) is 8.13. The van der Waals surface area contributed by atoms with E-state index < -0.39 is 0 Å². The molecule has 3 aromatic heterocycles. The van der Waals surface area contributed by atoms with Crippen molar-refractivity contribution in [2.45, 2.75) is 13.1 Å². The van der Waals surface area contributed by atoms with Gasteiger partial charge in [0.25, 0.3) is 0 Å². The highest BCUT2D eigenvalue weighted by Crippen LogP contribution is 2.28. The summed E-state index contributed by atoms with van der Waals surface area (Å²) in [4.78, 5) is 12.4. The molecular formula is C15H15N3S2. The van der Waals surface area contributed by atoms with Gasteiger partial charge in [0, 0.05) is 30.9 Å². The van der Waals surface area contributed by atoms with Crippen molar-refractivity contribution in [1.82, 2.24) is 14.9 Å². The number of hydrogen-bond acceptors (Lipinski definition) is 5. The van der Waals surface area contributed by atoms with Gasteiger partial charge in [0.05, 0.1) is 10.6 Å². The molecule has 0 fully saturated rings. The average Bonchev–Trinajstić information content (AvgIpc) is 3.10. The van der Waals surface area contributed by atoms with Gasteiger partial charge in [-0.25, -0.2) is 4.98 Å². The van der Waals surface area contributed by atoms with E-state index in [0.29, 0.717) is 0 Å². The lowest BCUT2D eigenvalue weighted by Crippen LogP contribution is -2.17. The van der Waals surface area contributed by atoms with Gasteiger partial charge in [-0.3, -0.25) is 9.88 Å². The van der Waals surface area contributed by atoms with Crippen LogP contribution >= 0.6 is 22.7 Å². The van der Waals surface area contributed by atoms with Crippen LogP contribution < -0.4 is 0 Å². The average molecular weight is 301 g/mol. The molecule has 102 valence electrons. The largest absolute Gasteiger partial charge is 0.296 e. The summed E-state index contributed by atoms with van der Waals surface area (Å²) in [5, 5.41) is 5.35. The van der Waals surface area contributed by atoms with Gasteiger partial charge in [-0.05, 0) is 30.1 Å². The molecule has 0 amide bonds. The second kappa shape index (κ2) is 6.26. The third-order valence-electron chi connectivity index (χ3n) is 2.89. The second-order valence-electron chi connectivity index (χ2n) is 4.65. The number of hydrogen-bond donors (Lipinski definition) is 0. The Hall–Kier alpha value is -1.56. The highest BCUT2D eigenvalue weighted by atomic mass is 32.1. The highest BCUT2D eigenvalue weighted by Gasteiger charge is 2.08. The van der Waals surface area contributed by atoms with Crippen molar-refractivity contribution < 1.29 is 0 Å². The summed E-state index contributed by atoms with van der Waals surface area (Å²) >= 11 is 3.45. The van der Waals surface area contributed by atoms with Crippen LogP contribution in [-0.4, -0.2) is 21.9 Å². The predicted octanol–water partition coefficient (Wildman–Crippen LogP) is 3.90. The maximum Gasteiger partial charge on any atom is 0.133 e. The van der Waals surface area contributed by atoms with E-state index in [9.17, 15) is 0 Å². The van der Waals surface area contributed by atoms with Crippen molar-refractivity contribution in [3.63, 3.8) is 0 Å². The van der Waals surface area contributed by atoms with Crippen molar-refractivity contribution in [3.05, 3.63) is 58.7 Å². The van der Waals surface area contributed by atoms with Crippen LogP contribution in [0.2, 0.25) is 0 Å². The zero-order valence-electron chi connectivity index (χ0n) is 11.2. The molecule has 5 heteroatoms. The number of rotatable bonds is 5. The molecule has 3 nitrogen and oxygen atoms in total. The molecule has 3 heterocycles. The third kappa shape index (κ3) is 3.30. The Morgan fingerprint density at radius 3 is 2.85 bits per heavy atom. The van der Waals surface area contributed by atoms with Crippen LogP contribution in [0.5, 0.6) is 0 Å². The summed E-state index contributed by atoms with van der Waals surface area (Å²) in [6.07, 6.45) is 3.71. The number of thiazole rings is 1. The van der Waals surface area contributed by atoms with E-state index in [1.165, 1.54) is 10.4 Å². The summed E-state index contributed by atoms with van der Waals surface area (Å²) in [7, 11) is 2.11. The Labute approximate surface area is 126 Å². The van der Waals surface area contributed by atoms with Crippen LogP contribution in [0.15, 0.2) is 47.4 Å². The molecule has 0 saturated carbocycles. The minimum Gasteiger partial charge on any atom is -0.296 e. The fraction of sp³-hybridized carbons (Fsp3) is 0.200. The molecule has 0 N–H and O–H groups in total. The number of aromatic nitrogens is 2. The lowest BCUT2D eigenvalue weighted by molar-refractivity contribution is 0.315. The summed E-state index contributed by atoms with van der Waals surface area (Å²) < 4.78 is 0. The molecule has 0 spiro atoms. The molecule has 0 aliphatic carbocycles. The number of nitrogens with zero attached hydrogens (tertiary/aromatic N) is 3. The minimum absolute atomic E-state index is 0.858. The smallest absolute Gasteiger partial charge is 0.133 e. The van der Waals surface area contributed by atoms with E-state index in [4.69, 9.17) is 4.98 Å². The normalized spacial score (nSPS) is 11.1. The van der Waals surface area contributed by atoms with Gasteiger partial charge in [-0.2, -0.15) is 0 Å². The van der Waals surface area contributed by atoms with Crippen molar-refractivity contribution in [2.24, 2.45) is 0 Å². The summed E-state index contributed by atoms with van der Waals surface area (Å²) in [6.45, 7) is 1.75. The van der Waals surface area contributed by atoms with Gasteiger partial charge < -0.3 is 0 Å². The summed E-state index contributed by atoms with van der Waals surface area (Å²) in [5.74, 6) is 0. The first-order valence-electron chi connectivity index (χ1n) is 6.37. The van der Waals surface area contributed by atoms with Crippen LogP contribution in [0.25, 0.3) is 9.88 Å².